The molecule has 5 nitrogen and oxygen atoms in total. The van der Waals surface area contributed by atoms with Crippen molar-refractivity contribution in [3.63, 3.8) is 0 Å². The van der Waals surface area contributed by atoms with Gasteiger partial charge in [0.15, 0.2) is 5.78 Å². The first-order valence-electron chi connectivity index (χ1n) is 12.7. The molecular formula is C29H40N2O3. The minimum atomic E-state index is -0.423. The summed E-state index contributed by atoms with van der Waals surface area (Å²) in [4.78, 5) is 15.5. The van der Waals surface area contributed by atoms with Gasteiger partial charge in [-0.1, -0.05) is 13.0 Å². The van der Waals surface area contributed by atoms with Crippen molar-refractivity contribution in [3.8, 4) is 5.75 Å². The fourth-order valence-corrected chi connectivity index (χ4v) is 4.76. The van der Waals surface area contributed by atoms with E-state index in [1.807, 2.05) is 64.1 Å². The van der Waals surface area contributed by atoms with Crippen LogP contribution in [0, 0.1) is 5.92 Å². The average Bonchev–Trinajstić information content (AvgIpc) is 3.59. The van der Waals surface area contributed by atoms with Crippen LogP contribution < -0.4 is 10.1 Å². The van der Waals surface area contributed by atoms with Crippen LogP contribution in [0.2, 0.25) is 0 Å². The molecule has 2 aliphatic rings. The number of hydrogen-bond donors (Lipinski definition) is 1. The normalized spacial score (nSPS) is 20.5. The molecule has 1 fully saturated rings. The van der Waals surface area contributed by atoms with Gasteiger partial charge in [0.1, 0.15) is 11.4 Å². The second-order valence-electron chi connectivity index (χ2n) is 11.1. The van der Waals surface area contributed by atoms with E-state index in [1.165, 1.54) is 12.8 Å². The Morgan fingerprint density at radius 3 is 2.56 bits per heavy atom. The topological polar surface area (TPSA) is 50.8 Å². The van der Waals surface area contributed by atoms with E-state index in [0.717, 1.165) is 47.1 Å². The van der Waals surface area contributed by atoms with Crippen molar-refractivity contribution in [2.75, 3.05) is 25.5 Å². The highest BCUT2D eigenvalue weighted by atomic mass is 16.5. The monoisotopic (exact) mass is 464 g/mol. The minimum absolute atomic E-state index is 0.00114. The first kappa shape index (κ1) is 24.7. The van der Waals surface area contributed by atoms with Gasteiger partial charge in [-0.3, -0.25) is 9.69 Å². The Bertz CT molecular complexity index is 1010. The van der Waals surface area contributed by atoms with E-state index in [-0.39, 0.29) is 17.9 Å². The zero-order valence-corrected chi connectivity index (χ0v) is 21.6. The Hall–Kier alpha value is -2.37. The lowest BCUT2D eigenvalue weighted by Gasteiger charge is -2.34. The molecule has 0 radical (unpaired) electrons. The predicted molar refractivity (Wildman–Crippen MR) is 138 cm³/mol. The van der Waals surface area contributed by atoms with E-state index in [2.05, 4.69) is 30.3 Å². The molecule has 0 bridgehead atoms. The Labute approximate surface area is 204 Å². The van der Waals surface area contributed by atoms with Crippen molar-refractivity contribution < 1.29 is 14.3 Å². The lowest BCUT2D eigenvalue weighted by molar-refractivity contribution is -0.0276. The lowest BCUT2D eigenvalue weighted by Crippen LogP contribution is -2.43. The number of rotatable bonds is 10. The smallest absolute Gasteiger partial charge is 0.180 e. The van der Waals surface area contributed by atoms with Crippen molar-refractivity contribution >= 4 is 17.2 Å². The summed E-state index contributed by atoms with van der Waals surface area (Å²) >= 11 is 0. The molecule has 0 aromatic heterocycles. The molecule has 4 rings (SSSR count). The third kappa shape index (κ3) is 6.19. The number of ether oxygens (including phenoxy) is 2. The van der Waals surface area contributed by atoms with E-state index in [1.54, 1.807) is 0 Å². The van der Waals surface area contributed by atoms with Crippen LogP contribution in [-0.4, -0.2) is 48.6 Å². The summed E-state index contributed by atoms with van der Waals surface area (Å²) in [6.07, 6.45) is 3.67. The van der Waals surface area contributed by atoms with Gasteiger partial charge in [-0.2, -0.15) is 0 Å². The van der Waals surface area contributed by atoms with Gasteiger partial charge in [0.25, 0.3) is 0 Å². The summed E-state index contributed by atoms with van der Waals surface area (Å²) in [6.45, 7) is 11.9. The molecule has 5 heteroatoms. The molecule has 2 atom stereocenters. The minimum Gasteiger partial charge on any atom is -0.485 e. The molecule has 0 saturated heterocycles. The predicted octanol–water partition coefficient (Wildman–Crippen LogP) is 6.41. The van der Waals surface area contributed by atoms with Crippen molar-refractivity contribution in [2.24, 2.45) is 5.92 Å². The number of fused-ring (bicyclic) bond motifs is 1. The van der Waals surface area contributed by atoms with Crippen LogP contribution in [0.3, 0.4) is 0 Å². The van der Waals surface area contributed by atoms with Gasteiger partial charge in [0.2, 0.25) is 0 Å². The number of carbonyl (C=O) groups excluding carboxylic acids is 1. The van der Waals surface area contributed by atoms with Gasteiger partial charge >= 0.3 is 0 Å². The van der Waals surface area contributed by atoms with Crippen LogP contribution in [0.1, 0.15) is 75.7 Å². The van der Waals surface area contributed by atoms with Crippen LogP contribution in [0.4, 0.5) is 11.4 Å². The molecule has 0 heterocycles. The van der Waals surface area contributed by atoms with Gasteiger partial charge in [0.05, 0.1) is 18.8 Å². The standard InChI is InChI=1S/C29H40N2O3/c1-19(2)33-18-29(4,5)34-24-9-7-8-22(15-24)30-23-12-13-25-26(16-23)20(3)14-27(28(25)32)31(6)17-21-10-11-21/h7-9,12-13,15-16,19-21,27,30H,10-11,14,17-18H2,1-6H3. The van der Waals surface area contributed by atoms with Gasteiger partial charge in [-0.25, -0.2) is 0 Å². The van der Waals surface area contributed by atoms with E-state index in [9.17, 15) is 4.79 Å². The zero-order chi connectivity index (χ0) is 24.5. The highest BCUT2D eigenvalue weighted by Crippen LogP contribution is 2.37. The number of likely N-dealkylation sites (N-methyl/N-ethyl adjacent to an activating group) is 1. The Morgan fingerprint density at radius 2 is 1.85 bits per heavy atom. The van der Waals surface area contributed by atoms with Crippen LogP contribution in [-0.2, 0) is 4.74 Å². The van der Waals surface area contributed by atoms with Crippen LogP contribution in [0.5, 0.6) is 5.75 Å². The highest BCUT2D eigenvalue weighted by Gasteiger charge is 2.36. The average molecular weight is 465 g/mol. The summed E-state index contributed by atoms with van der Waals surface area (Å²) in [7, 11) is 2.11. The molecule has 0 aliphatic heterocycles. The number of carbonyl (C=O) groups is 1. The maximum Gasteiger partial charge on any atom is 0.180 e. The van der Waals surface area contributed by atoms with E-state index >= 15 is 0 Å². The van der Waals surface area contributed by atoms with Gasteiger partial charge in [-0.15, -0.1) is 0 Å². The molecule has 184 valence electrons. The van der Waals surface area contributed by atoms with Gasteiger partial charge in [-0.05, 0) is 102 Å². The Balaban J connectivity index is 1.45. The van der Waals surface area contributed by atoms with E-state index < -0.39 is 5.60 Å². The number of nitrogens with zero attached hydrogens (tertiary/aromatic N) is 1. The number of benzene rings is 2. The fraction of sp³-hybridized carbons (Fsp3) is 0.552. The largest absolute Gasteiger partial charge is 0.485 e. The van der Waals surface area contributed by atoms with E-state index in [0.29, 0.717) is 12.5 Å². The molecule has 2 aliphatic carbocycles. The first-order chi connectivity index (χ1) is 16.1. The van der Waals surface area contributed by atoms with Gasteiger partial charge in [0, 0.05) is 29.5 Å². The number of anilines is 2. The maximum atomic E-state index is 13.3. The maximum absolute atomic E-state index is 13.3. The molecule has 1 saturated carbocycles. The van der Waals surface area contributed by atoms with Crippen molar-refractivity contribution in [1.29, 1.82) is 0 Å². The molecule has 2 unspecified atom stereocenters. The fourth-order valence-electron chi connectivity index (χ4n) is 4.76. The summed E-state index contributed by atoms with van der Waals surface area (Å²) in [5.74, 6) is 2.20. The van der Waals surface area contributed by atoms with Crippen molar-refractivity contribution in [3.05, 3.63) is 53.6 Å². The summed E-state index contributed by atoms with van der Waals surface area (Å²) < 4.78 is 12.0. The highest BCUT2D eigenvalue weighted by molar-refractivity contribution is 6.03. The zero-order valence-electron chi connectivity index (χ0n) is 21.6. The SMILES string of the molecule is CC(C)OCC(C)(C)Oc1cccc(Nc2ccc3c(c2)C(C)CC(N(C)CC2CC2)C3=O)c1. The second-order valence-corrected chi connectivity index (χ2v) is 11.1. The Kier molecular flexibility index (Phi) is 7.34. The van der Waals surface area contributed by atoms with Crippen LogP contribution in [0.15, 0.2) is 42.5 Å². The lowest BCUT2D eigenvalue weighted by atomic mass is 9.79. The number of hydrogen-bond acceptors (Lipinski definition) is 5. The molecule has 34 heavy (non-hydrogen) atoms. The van der Waals surface area contributed by atoms with Gasteiger partial charge < -0.3 is 14.8 Å². The second kappa shape index (κ2) is 10.1. The molecule has 2 aromatic rings. The quantitative estimate of drug-likeness (QED) is 0.440. The summed E-state index contributed by atoms with van der Waals surface area (Å²) in [5, 5.41) is 3.50. The number of Topliss-reactive ketones (excluding diaryl/α,β-unsaturated/α-hetero) is 1. The summed E-state index contributed by atoms with van der Waals surface area (Å²) in [6, 6.07) is 14.1. The number of ketones is 1. The van der Waals surface area contributed by atoms with E-state index in [4.69, 9.17) is 9.47 Å². The Morgan fingerprint density at radius 1 is 1.12 bits per heavy atom. The molecule has 1 N–H and O–H groups in total. The van der Waals surface area contributed by atoms with Crippen LogP contribution in [0.25, 0.3) is 0 Å². The number of nitrogens with one attached hydrogen (secondary N) is 1. The van der Waals surface area contributed by atoms with Crippen molar-refractivity contribution in [2.45, 2.75) is 77.5 Å². The first-order valence-corrected chi connectivity index (χ1v) is 12.7. The molecule has 0 amide bonds. The third-order valence-electron chi connectivity index (χ3n) is 6.78. The molecule has 2 aromatic carbocycles. The molecule has 0 spiro atoms. The van der Waals surface area contributed by atoms with Crippen LogP contribution >= 0.6 is 0 Å². The summed E-state index contributed by atoms with van der Waals surface area (Å²) in [5.41, 5.74) is 3.54. The molecular weight excluding hydrogens is 424 g/mol. The van der Waals surface area contributed by atoms with Crippen molar-refractivity contribution in [1.82, 2.24) is 4.90 Å². The third-order valence-corrected chi connectivity index (χ3v) is 6.78.